The smallest absolute Gasteiger partial charge is 0.410 e. The number of halogens is 1. The lowest BCUT2D eigenvalue weighted by Crippen LogP contribution is -2.62. The lowest BCUT2D eigenvalue weighted by molar-refractivity contribution is -0.0434. The number of carbonyl (C=O) groups is 1. The fourth-order valence-corrected chi connectivity index (χ4v) is 3.95. The van der Waals surface area contributed by atoms with Crippen molar-refractivity contribution < 1.29 is 9.53 Å². The average Bonchev–Trinajstić information content (AvgIpc) is 2.43. The van der Waals surface area contributed by atoms with Gasteiger partial charge in [0.2, 0.25) is 0 Å². The van der Waals surface area contributed by atoms with E-state index >= 15 is 0 Å². The zero-order valence-electron chi connectivity index (χ0n) is 14.6. The van der Waals surface area contributed by atoms with Gasteiger partial charge in [-0.3, -0.25) is 0 Å². The summed E-state index contributed by atoms with van der Waals surface area (Å²) in [5, 5.41) is 0. The number of anilines is 2. The van der Waals surface area contributed by atoms with Crippen molar-refractivity contribution in [2.75, 3.05) is 36.8 Å². The molecule has 1 spiro atoms. The van der Waals surface area contributed by atoms with Crippen LogP contribution in [0.4, 0.5) is 16.2 Å². The number of benzene rings is 1. The Hall–Kier alpha value is -1.43. The highest BCUT2D eigenvalue weighted by molar-refractivity contribution is 9.10. The summed E-state index contributed by atoms with van der Waals surface area (Å²) < 4.78 is 6.45. The van der Waals surface area contributed by atoms with Gasteiger partial charge in [-0.2, -0.15) is 0 Å². The van der Waals surface area contributed by atoms with Crippen molar-refractivity contribution in [3.63, 3.8) is 0 Å². The maximum atomic E-state index is 12.1. The van der Waals surface area contributed by atoms with Crippen molar-refractivity contribution in [2.45, 2.75) is 39.2 Å². The van der Waals surface area contributed by atoms with Crippen molar-refractivity contribution in [1.29, 1.82) is 0 Å². The molecule has 2 saturated heterocycles. The Morgan fingerprint density at radius 2 is 1.88 bits per heavy atom. The Kier molecular flexibility index (Phi) is 4.45. The van der Waals surface area contributed by atoms with Gasteiger partial charge in [0.1, 0.15) is 5.60 Å². The summed E-state index contributed by atoms with van der Waals surface area (Å²) in [6.45, 7) is 9.30. The van der Waals surface area contributed by atoms with Gasteiger partial charge < -0.3 is 20.3 Å². The van der Waals surface area contributed by atoms with Crippen LogP contribution in [0.15, 0.2) is 22.7 Å². The molecular weight excluding hydrogens is 370 g/mol. The molecule has 0 aliphatic carbocycles. The Labute approximate surface area is 152 Å². The molecule has 0 saturated carbocycles. The monoisotopic (exact) mass is 395 g/mol. The molecule has 132 valence electrons. The molecule has 2 aliphatic heterocycles. The van der Waals surface area contributed by atoms with Gasteiger partial charge in [0.15, 0.2) is 0 Å². The second kappa shape index (κ2) is 6.14. The Morgan fingerprint density at radius 1 is 1.25 bits per heavy atom. The number of likely N-dealkylation sites (tertiary alicyclic amines) is 1. The summed E-state index contributed by atoms with van der Waals surface area (Å²) in [7, 11) is 0. The van der Waals surface area contributed by atoms with E-state index in [4.69, 9.17) is 10.5 Å². The topological polar surface area (TPSA) is 58.8 Å². The van der Waals surface area contributed by atoms with Crippen molar-refractivity contribution in [3.8, 4) is 0 Å². The zero-order chi connectivity index (χ0) is 17.5. The molecule has 6 heteroatoms. The van der Waals surface area contributed by atoms with Crippen LogP contribution in [0.25, 0.3) is 0 Å². The second-order valence-electron chi connectivity index (χ2n) is 8.03. The van der Waals surface area contributed by atoms with Gasteiger partial charge in [0, 0.05) is 36.1 Å². The molecule has 2 fully saturated rings. The normalized spacial score (nSPS) is 20.0. The summed E-state index contributed by atoms with van der Waals surface area (Å²) in [6, 6.07) is 6.06. The van der Waals surface area contributed by atoms with E-state index in [0.717, 1.165) is 54.9 Å². The Morgan fingerprint density at radius 3 is 2.42 bits per heavy atom. The van der Waals surface area contributed by atoms with Gasteiger partial charge in [0.05, 0.1) is 11.4 Å². The van der Waals surface area contributed by atoms with Gasteiger partial charge >= 0.3 is 6.09 Å². The molecule has 0 radical (unpaired) electrons. The van der Waals surface area contributed by atoms with Crippen molar-refractivity contribution in [2.24, 2.45) is 5.41 Å². The molecule has 1 amide bonds. The van der Waals surface area contributed by atoms with Gasteiger partial charge in [-0.1, -0.05) is 15.9 Å². The summed E-state index contributed by atoms with van der Waals surface area (Å²) in [4.78, 5) is 16.3. The first-order chi connectivity index (χ1) is 11.2. The quantitative estimate of drug-likeness (QED) is 0.733. The summed E-state index contributed by atoms with van der Waals surface area (Å²) in [6.07, 6.45) is 1.98. The van der Waals surface area contributed by atoms with E-state index in [9.17, 15) is 4.79 Å². The first kappa shape index (κ1) is 17.4. The van der Waals surface area contributed by atoms with E-state index in [0.29, 0.717) is 0 Å². The largest absolute Gasteiger partial charge is 0.444 e. The van der Waals surface area contributed by atoms with E-state index in [1.54, 1.807) is 0 Å². The van der Waals surface area contributed by atoms with Crippen LogP contribution in [-0.4, -0.2) is 42.8 Å². The first-order valence-electron chi connectivity index (χ1n) is 8.45. The molecule has 0 atom stereocenters. The van der Waals surface area contributed by atoms with Crippen LogP contribution in [-0.2, 0) is 4.74 Å². The number of carbonyl (C=O) groups excluding carboxylic acids is 1. The average molecular weight is 396 g/mol. The van der Waals surface area contributed by atoms with Crippen LogP contribution >= 0.6 is 15.9 Å². The molecule has 2 N–H and O–H groups in total. The first-order valence-corrected chi connectivity index (χ1v) is 9.25. The number of amides is 1. The van der Waals surface area contributed by atoms with Crippen LogP contribution in [0, 0.1) is 5.41 Å². The van der Waals surface area contributed by atoms with Gasteiger partial charge in [-0.15, -0.1) is 0 Å². The zero-order valence-corrected chi connectivity index (χ0v) is 16.2. The molecule has 0 unspecified atom stereocenters. The minimum atomic E-state index is -0.428. The standard InChI is InChI=1S/C18H26BrN3O2/c1-17(2,3)24-16(23)22-11-18(12-22)6-8-21(9-7-18)15-5-4-13(19)10-14(15)20/h4-5,10H,6-9,11-12,20H2,1-3H3. The van der Waals surface area contributed by atoms with E-state index in [1.807, 2.05) is 37.8 Å². The van der Waals surface area contributed by atoms with Crippen molar-refractivity contribution in [1.82, 2.24) is 4.90 Å². The predicted octanol–water partition coefficient (Wildman–Crippen LogP) is 3.87. The number of nitrogens with two attached hydrogens (primary N) is 1. The Balaban J connectivity index is 1.54. The summed E-state index contributed by atoms with van der Waals surface area (Å²) >= 11 is 3.45. The molecule has 2 heterocycles. The number of piperidine rings is 1. The third-order valence-electron chi connectivity index (χ3n) is 4.86. The summed E-state index contributed by atoms with van der Waals surface area (Å²) in [5.74, 6) is 0. The number of nitrogen functional groups attached to an aromatic ring is 1. The molecule has 24 heavy (non-hydrogen) atoms. The van der Waals surface area contributed by atoms with E-state index in [2.05, 4.69) is 26.9 Å². The number of nitrogens with zero attached hydrogens (tertiary/aromatic N) is 2. The molecule has 3 rings (SSSR count). The van der Waals surface area contributed by atoms with E-state index in [1.165, 1.54) is 0 Å². The number of hydrogen-bond acceptors (Lipinski definition) is 4. The molecule has 2 aliphatic rings. The third-order valence-corrected chi connectivity index (χ3v) is 5.35. The molecule has 1 aromatic carbocycles. The van der Waals surface area contributed by atoms with Crippen LogP contribution in [0.3, 0.4) is 0 Å². The molecular formula is C18H26BrN3O2. The van der Waals surface area contributed by atoms with Gasteiger partial charge in [-0.05, 0) is 51.8 Å². The van der Waals surface area contributed by atoms with Gasteiger partial charge in [-0.25, -0.2) is 4.79 Å². The van der Waals surface area contributed by atoms with E-state index in [-0.39, 0.29) is 11.5 Å². The van der Waals surface area contributed by atoms with E-state index < -0.39 is 5.60 Å². The minimum absolute atomic E-state index is 0.187. The van der Waals surface area contributed by atoms with Crippen LogP contribution in [0.5, 0.6) is 0 Å². The lowest BCUT2D eigenvalue weighted by Gasteiger charge is -2.54. The minimum Gasteiger partial charge on any atom is -0.444 e. The molecule has 0 bridgehead atoms. The number of ether oxygens (including phenoxy) is 1. The maximum absolute atomic E-state index is 12.1. The SMILES string of the molecule is CC(C)(C)OC(=O)N1CC2(CCN(c3ccc(Br)cc3N)CC2)C1. The highest BCUT2D eigenvalue weighted by Crippen LogP contribution is 2.42. The molecule has 0 aromatic heterocycles. The fourth-order valence-electron chi connectivity index (χ4n) is 3.57. The highest BCUT2D eigenvalue weighted by Gasteiger charge is 2.47. The second-order valence-corrected chi connectivity index (χ2v) is 8.94. The lowest BCUT2D eigenvalue weighted by atomic mass is 9.72. The third kappa shape index (κ3) is 3.63. The van der Waals surface area contributed by atoms with Gasteiger partial charge in [0.25, 0.3) is 0 Å². The Bertz CT molecular complexity index is 626. The van der Waals surface area contributed by atoms with Crippen molar-refractivity contribution >= 4 is 33.4 Å². The number of rotatable bonds is 1. The molecule has 1 aromatic rings. The fraction of sp³-hybridized carbons (Fsp3) is 0.611. The number of hydrogen-bond donors (Lipinski definition) is 1. The van der Waals surface area contributed by atoms with Crippen molar-refractivity contribution in [3.05, 3.63) is 22.7 Å². The maximum Gasteiger partial charge on any atom is 0.410 e. The highest BCUT2D eigenvalue weighted by atomic mass is 79.9. The van der Waals surface area contributed by atoms with Crippen LogP contribution < -0.4 is 10.6 Å². The van der Waals surface area contributed by atoms with Crippen LogP contribution in [0.1, 0.15) is 33.6 Å². The molecule has 5 nitrogen and oxygen atoms in total. The summed E-state index contributed by atoms with van der Waals surface area (Å²) in [5.41, 5.74) is 7.90. The van der Waals surface area contributed by atoms with Crippen LogP contribution in [0.2, 0.25) is 0 Å². The predicted molar refractivity (Wildman–Crippen MR) is 100 cm³/mol.